The van der Waals surface area contributed by atoms with Gasteiger partial charge in [-0.15, -0.1) is 0 Å². The molecular weight excluding hydrogens is 454 g/mol. The zero-order valence-corrected chi connectivity index (χ0v) is 21.4. The van der Waals surface area contributed by atoms with Crippen molar-refractivity contribution in [3.05, 3.63) is 29.8 Å². The molecule has 3 amide bonds. The largest absolute Gasteiger partial charge is 0.380 e. The van der Waals surface area contributed by atoms with Crippen molar-refractivity contribution in [2.45, 2.75) is 63.9 Å². The number of ketones is 1. The normalized spacial score (nSPS) is 16.7. The van der Waals surface area contributed by atoms with Crippen molar-refractivity contribution in [3.63, 3.8) is 0 Å². The van der Waals surface area contributed by atoms with Crippen LogP contribution in [0.3, 0.4) is 0 Å². The first-order valence-electron chi connectivity index (χ1n) is 11.8. The van der Waals surface area contributed by atoms with Gasteiger partial charge in [0.2, 0.25) is 17.7 Å². The Bertz CT molecular complexity index is 843. The van der Waals surface area contributed by atoms with Gasteiger partial charge in [0.05, 0.1) is 24.4 Å². The average molecular weight is 492 g/mol. The van der Waals surface area contributed by atoms with Gasteiger partial charge in [-0.1, -0.05) is 32.4 Å². The lowest BCUT2D eigenvalue weighted by molar-refractivity contribution is -0.138. The summed E-state index contributed by atoms with van der Waals surface area (Å²) in [7, 11) is 1.64. The van der Waals surface area contributed by atoms with Crippen molar-refractivity contribution in [3.8, 4) is 0 Å². The molecular formula is C25H37N3O5S. The van der Waals surface area contributed by atoms with Gasteiger partial charge in [-0.25, -0.2) is 0 Å². The summed E-state index contributed by atoms with van der Waals surface area (Å²) in [5.74, 6) is -0.475. The molecule has 1 saturated heterocycles. The number of thioether (sulfide) groups is 1. The van der Waals surface area contributed by atoms with E-state index in [1.165, 1.54) is 16.7 Å². The summed E-state index contributed by atoms with van der Waals surface area (Å²) in [6.45, 7) is 4.89. The number of benzene rings is 1. The van der Waals surface area contributed by atoms with Gasteiger partial charge in [0.25, 0.3) is 0 Å². The Balaban J connectivity index is 1.70. The number of carbonyl (C=O) groups excluding carboxylic acids is 4. The summed E-state index contributed by atoms with van der Waals surface area (Å²) >= 11 is 1.41. The Morgan fingerprint density at radius 2 is 1.85 bits per heavy atom. The van der Waals surface area contributed by atoms with Crippen molar-refractivity contribution >= 4 is 41.0 Å². The molecule has 1 aliphatic rings. The number of carbonyl (C=O) groups is 4. The minimum Gasteiger partial charge on any atom is -0.380 e. The number of nitrogens with zero attached hydrogens (tertiary/aromatic N) is 1. The van der Waals surface area contributed by atoms with Gasteiger partial charge in [-0.05, 0) is 42.7 Å². The molecule has 1 heterocycles. The number of anilines is 1. The quantitative estimate of drug-likeness (QED) is 0.287. The van der Waals surface area contributed by atoms with Crippen LogP contribution in [0.25, 0.3) is 0 Å². The molecule has 34 heavy (non-hydrogen) atoms. The van der Waals surface area contributed by atoms with Gasteiger partial charge >= 0.3 is 0 Å². The second-order valence-electron chi connectivity index (χ2n) is 8.86. The predicted octanol–water partition coefficient (Wildman–Crippen LogP) is 3.01. The number of likely N-dealkylation sites (tertiary alicyclic amines) is 1. The van der Waals surface area contributed by atoms with Gasteiger partial charge in [0.1, 0.15) is 0 Å². The zero-order valence-electron chi connectivity index (χ0n) is 20.6. The van der Waals surface area contributed by atoms with Crippen molar-refractivity contribution in [1.29, 1.82) is 0 Å². The second-order valence-corrected chi connectivity index (χ2v) is 9.90. The number of ether oxygens (including phenoxy) is 1. The molecule has 1 unspecified atom stereocenters. The summed E-state index contributed by atoms with van der Waals surface area (Å²) in [4.78, 5) is 50.6. The molecule has 0 saturated carbocycles. The maximum atomic E-state index is 12.7. The maximum Gasteiger partial charge on any atom is 0.242 e. The Morgan fingerprint density at radius 3 is 2.44 bits per heavy atom. The predicted molar refractivity (Wildman–Crippen MR) is 135 cm³/mol. The number of imide groups is 1. The molecule has 2 N–H and O–H groups in total. The highest BCUT2D eigenvalue weighted by atomic mass is 32.2. The molecule has 1 aliphatic heterocycles. The molecule has 0 spiro atoms. The van der Waals surface area contributed by atoms with E-state index >= 15 is 0 Å². The molecule has 9 heteroatoms. The summed E-state index contributed by atoms with van der Waals surface area (Å²) in [5.41, 5.74) is 1.88. The highest BCUT2D eigenvalue weighted by molar-refractivity contribution is 8.00. The van der Waals surface area contributed by atoms with E-state index in [-0.39, 0.29) is 47.6 Å². The van der Waals surface area contributed by atoms with Crippen LogP contribution in [-0.2, 0) is 30.5 Å². The Hall–Kier alpha value is -2.39. The first-order valence-corrected chi connectivity index (χ1v) is 13.1. The molecule has 2 atom stereocenters. The minimum absolute atomic E-state index is 0.0288. The lowest BCUT2D eigenvalue weighted by Crippen LogP contribution is -2.46. The fraction of sp³-hybridized carbons (Fsp3) is 0.600. The van der Waals surface area contributed by atoms with Gasteiger partial charge in [-0.3, -0.25) is 24.1 Å². The maximum absolute atomic E-state index is 12.7. The van der Waals surface area contributed by atoms with Gasteiger partial charge in [-0.2, -0.15) is 11.8 Å². The second kappa shape index (κ2) is 14.1. The number of hydrogen-bond acceptors (Lipinski definition) is 7. The van der Waals surface area contributed by atoms with E-state index in [2.05, 4.69) is 10.6 Å². The molecule has 8 nitrogen and oxygen atoms in total. The van der Waals surface area contributed by atoms with E-state index in [1.807, 2.05) is 44.4 Å². The lowest BCUT2D eigenvalue weighted by Gasteiger charge is -2.22. The number of methoxy groups -OCH3 is 1. The molecule has 1 aromatic carbocycles. The van der Waals surface area contributed by atoms with E-state index in [9.17, 15) is 19.2 Å². The minimum atomic E-state index is -0.559. The highest BCUT2D eigenvalue weighted by Gasteiger charge is 2.37. The van der Waals surface area contributed by atoms with Gasteiger partial charge < -0.3 is 15.4 Å². The van der Waals surface area contributed by atoms with Crippen molar-refractivity contribution in [1.82, 2.24) is 10.2 Å². The third-order valence-electron chi connectivity index (χ3n) is 5.83. The van der Waals surface area contributed by atoms with Gasteiger partial charge in [0, 0.05) is 32.2 Å². The van der Waals surface area contributed by atoms with E-state index in [0.717, 1.165) is 17.7 Å². The summed E-state index contributed by atoms with van der Waals surface area (Å²) < 4.78 is 5.10. The summed E-state index contributed by atoms with van der Waals surface area (Å²) in [6.07, 6.45) is 4.46. The van der Waals surface area contributed by atoms with Crippen LogP contribution in [-0.4, -0.2) is 66.2 Å². The Labute approximate surface area is 206 Å². The smallest absolute Gasteiger partial charge is 0.242 e. The average Bonchev–Trinajstić information content (AvgIpc) is 3.09. The van der Waals surface area contributed by atoms with E-state index in [0.29, 0.717) is 32.4 Å². The van der Waals surface area contributed by atoms with Crippen LogP contribution in [0.2, 0.25) is 0 Å². The van der Waals surface area contributed by atoms with E-state index < -0.39 is 6.04 Å². The zero-order chi connectivity index (χ0) is 25.1. The molecule has 1 aromatic rings. The first kappa shape index (κ1) is 27.9. The molecule has 1 fully saturated rings. The molecule has 0 bridgehead atoms. The van der Waals surface area contributed by atoms with Crippen LogP contribution in [0.15, 0.2) is 24.3 Å². The SMILES string of the molecule is COCc1ccc(NCC(=O)[C@@H](NC(=O)CCCCCN2C(=O)CC(SC)C2=O)C(C)C)cc1. The third kappa shape index (κ3) is 8.43. The first-order chi connectivity index (χ1) is 16.3. The molecule has 0 radical (unpaired) electrons. The number of Topliss-reactive ketones (excluding diaryl/α,β-unsaturated/α-hetero) is 1. The van der Waals surface area contributed by atoms with Crippen LogP contribution in [0.1, 0.15) is 51.5 Å². The van der Waals surface area contributed by atoms with E-state index in [1.54, 1.807) is 7.11 Å². The van der Waals surface area contributed by atoms with Crippen molar-refractivity contribution < 1.29 is 23.9 Å². The third-order valence-corrected chi connectivity index (χ3v) is 6.77. The van der Waals surface area contributed by atoms with Crippen molar-refractivity contribution in [2.24, 2.45) is 5.92 Å². The number of rotatable bonds is 15. The summed E-state index contributed by atoms with van der Waals surface area (Å²) in [5, 5.41) is 5.74. The number of hydrogen-bond donors (Lipinski definition) is 2. The monoisotopic (exact) mass is 491 g/mol. The topological polar surface area (TPSA) is 105 Å². The Kier molecular flexibility index (Phi) is 11.6. The van der Waals surface area contributed by atoms with Gasteiger partial charge in [0.15, 0.2) is 5.78 Å². The molecule has 0 aromatic heterocycles. The molecule has 2 rings (SSSR count). The lowest BCUT2D eigenvalue weighted by atomic mass is 9.99. The fourth-order valence-corrected chi connectivity index (χ4v) is 4.49. The van der Waals surface area contributed by atoms with Crippen LogP contribution < -0.4 is 10.6 Å². The Morgan fingerprint density at radius 1 is 1.15 bits per heavy atom. The number of nitrogens with one attached hydrogen (secondary N) is 2. The molecule has 0 aliphatic carbocycles. The number of unbranched alkanes of at least 4 members (excludes halogenated alkanes) is 2. The van der Waals surface area contributed by atoms with Crippen LogP contribution in [0.4, 0.5) is 5.69 Å². The fourth-order valence-electron chi connectivity index (χ4n) is 3.85. The van der Waals surface area contributed by atoms with Crippen LogP contribution in [0.5, 0.6) is 0 Å². The number of amides is 3. The van der Waals surface area contributed by atoms with Crippen LogP contribution in [0, 0.1) is 5.92 Å². The van der Waals surface area contributed by atoms with E-state index in [4.69, 9.17) is 4.74 Å². The van der Waals surface area contributed by atoms with Crippen molar-refractivity contribution in [2.75, 3.05) is 31.8 Å². The standard InChI is InChI=1S/C25H37N3O5S/c1-17(2)24(20(29)15-26-19-11-9-18(10-12-19)16-33-3)27-22(30)8-6-5-7-13-28-23(31)14-21(34-4)25(28)32/h9-12,17,21,24,26H,5-8,13-16H2,1-4H3,(H,27,30)/t21?,24-/m0/s1. The van der Waals surface area contributed by atoms with Crippen LogP contribution >= 0.6 is 11.8 Å². The summed E-state index contributed by atoms with van der Waals surface area (Å²) in [6, 6.07) is 7.11. The highest BCUT2D eigenvalue weighted by Crippen LogP contribution is 2.23. The molecule has 188 valence electrons.